The van der Waals surface area contributed by atoms with Gasteiger partial charge in [0.1, 0.15) is 0 Å². The number of rotatable bonds is 4. The van der Waals surface area contributed by atoms with E-state index in [1.807, 2.05) is 22.2 Å². The zero-order valence-electron chi connectivity index (χ0n) is 11.0. The van der Waals surface area contributed by atoms with Gasteiger partial charge >= 0.3 is 0 Å². The molecule has 1 amide bonds. The normalized spacial score (nSPS) is 18.2. The van der Waals surface area contributed by atoms with E-state index >= 15 is 0 Å². The Kier molecular flexibility index (Phi) is 3.73. The van der Waals surface area contributed by atoms with Gasteiger partial charge in [0.05, 0.1) is 17.7 Å². The highest BCUT2D eigenvalue weighted by Crippen LogP contribution is 2.19. The topological polar surface area (TPSA) is 75.9 Å². The number of amides is 1. The molecule has 0 radical (unpaired) electrons. The van der Waals surface area contributed by atoms with Crippen molar-refractivity contribution in [2.24, 2.45) is 0 Å². The minimum absolute atomic E-state index is 0.115. The van der Waals surface area contributed by atoms with E-state index in [9.17, 15) is 9.90 Å². The molecule has 2 aromatic heterocycles. The van der Waals surface area contributed by atoms with Crippen molar-refractivity contribution < 1.29 is 14.6 Å². The molecule has 0 aliphatic carbocycles. The van der Waals surface area contributed by atoms with Gasteiger partial charge < -0.3 is 15.2 Å². The highest BCUT2D eigenvalue weighted by atomic mass is 32.1. The maximum absolute atomic E-state index is 11.9. The Morgan fingerprint density at radius 1 is 1.55 bits per heavy atom. The SMILES string of the molecule is O=C(Cc1cn2ccsc2n1)NCC1(O)CCOCC1. The Hall–Kier alpha value is -1.44. The van der Waals surface area contributed by atoms with Gasteiger partial charge in [0, 0.05) is 50.4 Å². The molecule has 0 aromatic carbocycles. The van der Waals surface area contributed by atoms with Crippen LogP contribution in [0.15, 0.2) is 17.8 Å². The number of carbonyl (C=O) groups is 1. The van der Waals surface area contributed by atoms with Crippen molar-refractivity contribution in [1.82, 2.24) is 14.7 Å². The lowest BCUT2D eigenvalue weighted by Gasteiger charge is -2.32. The summed E-state index contributed by atoms with van der Waals surface area (Å²) < 4.78 is 7.11. The average molecular weight is 295 g/mol. The van der Waals surface area contributed by atoms with Crippen molar-refractivity contribution in [3.05, 3.63) is 23.5 Å². The predicted octanol–water partition coefficient (Wildman–Crippen LogP) is 0.596. The molecule has 20 heavy (non-hydrogen) atoms. The van der Waals surface area contributed by atoms with Crippen molar-refractivity contribution in [2.75, 3.05) is 19.8 Å². The van der Waals surface area contributed by atoms with Gasteiger partial charge in [-0.3, -0.25) is 9.20 Å². The van der Waals surface area contributed by atoms with Crippen LogP contribution in [0.4, 0.5) is 0 Å². The summed E-state index contributed by atoms with van der Waals surface area (Å²) in [6, 6.07) is 0. The fourth-order valence-electron chi connectivity index (χ4n) is 2.28. The van der Waals surface area contributed by atoms with Gasteiger partial charge in [-0.2, -0.15) is 0 Å². The van der Waals surface area contributed by atoms with Gasteiger partial charge in [0.2, 0.25) is 5.91 Å². The van der Waals surface area contributed by atoms with Crippen molar-refractivity contribution in [3.63, 3.8) is 0 Å². The first-order valence-electron chi connectivity index (χ1n) is 6.63. The predicted molar refractivity (Wildman–Crippen MR) is 74.8 cm³/mol. The highest BCUT2D eigenvalue weighted by molar-refractivity contribution is 7.15. The monoisotopic (exact) mass is 295 g/mol. The molecule has 0 spiro atoms. The maximum Gasteiger partial charge on any atom is 0.226 e. The average Bonchev–Trinajstić information content (AvgIpc) is 2.98. The number of fused-ring (bicyclic) bond motifs is 1. The largest absolute Gasteiger partial charge is 0.388 e. The standard InChI is InChI=1S/C13H17N3O3S/c17-11(14-9-13(18)1-4-19-5-2-13)7-10-8-16-3-6-20-12(16)15-10/h3,6,8,18H,1-2,4-5,7,9H2,(H,14,17). The van der Waals surface area contributed by atoms with E-state index in [4.69, 9.17) is 4.74 Å². The number of aliphatic hydroxyl groups is 1. The first-order chi connectivity index (χ1) is 9.65. The highest BCUT2D eigenvalue weighted by Gasteiger charge is 2.30. The zero-order chi connectivity index (χ0) is 14.0. The van der Waals surface area contributed by atoms with E-state index in [0.29, 0.717) is 26.1 Å². The number of imidazole rings is 1. The van der Waals surface area contributed by atoms with Gasteiger partial charge in [-0.25, -0.2) is 4.98 Å². The van der Waals surface area contributed by atoms with Gasteiger partial charge in [-0.05, 0) is 0 Å². The van der Waals surface area contributed by atoms with Crippen LogP contribution < -0.4 is 5.32 Å². The molecule has 3 rings (SSSR count). The van der Waals surface area contributed by atoms with E-state index in [0.717, 1.165) is 10.7 Å². The number of aromatic nitrogens is 2. The van der Waals surface area contributed by atoms with E-state index < -0.39 is 5.60 Å². The number of carbonyl (C=O) groups excluding carboxylic acids is 1. The number of hydrogen-bond donors (Lipinski definition) is 2. The Morgan fingerprint density at radius 2 is 2.35 bits per heavy atom. The lowest BCUT2D eigenvalue weighted by molar-refractivity contribution is -0.123. The van der Waals surface area contributed by atoms with Crippen LogP contribution in [-0.2, 0) is 16.0 Å². The van der Waals surface area contributed by atoms with Gasteiger partial charge in [-0.1, -0.05) is 0 Å². The summed E-state index contributed by atoms with van der Waals surface area (Å²) in [6.45, 7) is 1.37. The molecule has 1 aliphatic rings. The van der Waals surface area contributed by atoms with E-state index in [2.05, 4.69) is 10.3 Å². The molecule has 3 heterocycles. The van der Waals surface area contributed by atoms with Crippen LogP contribution in [0.5, 0.6) is 0 Å². The molecule has 1 aliphatic heterocycles. The summed E-state index contributed by atoms with van der Waals surface area (Å²) in [5.74, 6) is -0.115. The molecule has 6 nitrogen and oxygen atoms in total. The zero-order valence-corrected chi connectivity index (χ0v) is 11.9. The molecule has 108 valence electrons. The fourth-order valence-corrected chi connectivity index (χ4v) is 3.00. The number of nitrogens with one attached hydrogen (secondary N) is 1. The molecular weight excluding hydrogens is 278 g/mol. The number of nitrogens with zero attached hydrogens (tertiary/aromatic N) is 2. The first-order valence-corrected chi connectivity index (χ1v) is 7.51. The third kappa shape index (κ3) is 3.00. The second kappa shape index (κ2) is 5.51. The third-order valence-corrected chi connectivity index (χ3v) is 4.29. The summed E-state index contributed by atoms with van der Waals surface area (Å²) in [5.41, 5.74) is -0.0871. The second-order valence-corrected chi connectivity index (χ2v) is 5.99. The summed E-state index contributed by atoms with van der Waals surface area (Å²) in [6.07, 6.45) is 5.13. The molecule has 2 aromatic rings. The lowest BCUT2D eigenvalue weighted by Crippen LogP contribution is -2.46. The van der Waals surface area contributed by atoms with E-state index in [-0.39, 0.29) is 18.9 Å². The minimum atomic E-state index is -0.831. The number of thiazole rings is 1. The van der Waals surface area contributed by atoms with Crippen LogP contribution >= 0.6 is 11.3 Å². The van der Waals surface area contributed by atoms with Gasteiger partial charge in [0.15, 0.2) is 4.96 Å². The van der Waals surface area contributed by atoms with Crippen molar-refractivity contribution in [1.29, 1.82) is 0 Å². The summed E-state index contributed by atoms with van der Waals surface area (Å²) >= 11 is 1.54. The fraction of sp³-hybridized carbons (Fsp3) is 0.538. The van der Waals surface area contributed by atoms with Crippen molar-refractivity contribution in [2.45, 2.75) is 24.9 Å². The first kappa shape index (κ1) is 13.5. The Labute approximate surface area is 120 Å². The quantitative estimate of drug-likeness (QED) is 0.866. The molecule has 2 N–H and O–H groups in total. The number of hydrogen-bond acceptors (Lipinski definition) is 5. The lowest BCUT2D eigenvalue weighted by atomic mass is 9.94. The van der Waals surface area contributed by atoms with E-state index in [1.54, 1.807) is 0 Å². The van der Waals surface area contributed by atoms with Crippen molar-refractivity contribution >= 4 is 22.2 Å². The number of ether oxygens (including phenoxy) is 1. The smallest absolute Gasteiger partial charge is 0.226 e. The molecule has 1 saturated heterocycles. The third-order valence-electron chi connectivity index (χ3n) is 3.52. The molecule has 0 atom stereocenters. The maximum atomic E-state index is 11.9. The summed E-state index contributed by atoms with van der Waals surface area (Å²) in [5, 5.41) is 15.0. The molecule has 0 saturated carbocycles. The molecule has 1 fully saturated rings. The second-order valence-electron chi connectivity index (χ2n) is 5.12. The molecular formula is C13H17N3O3S. The van der Waals surface area contributed by atoms with E-state index in [1.165, 1.54) is 11.3 Å². The summed E-state index contributed by atoms with van der Waals surface area (Å²) in [7, 11) is 0. The molecule has 0 bridgehead atoms. The molecule has 0 unspecified atom stereocenters. The van der Waals surface area contributed by atoms with Crippen LogP contribution in [0, 0.1) is 0 Å². The Morgan fingerprint density at radius 3 is 3.10 bits per heavy atom. The Balaban J connectivity index is 1.53. The van der Waals surface area contributed by atoms with Crippen LogP contribution in [0.2, 0.25) is 0 Å². The van der Waals surface area contributed by atoms with Crippen LogP contribution in [0.25, 0.3) is 4.96 Å². The minimum Gasteiger partial charge on any atom is -0.388 e. The van der Waals surface area contributed by atoms with Gasteiger partial charge in [-0.15, -0.1) is 11.3 Å². The van der Waals surface area contributed by atoms with Crippen LogP contribution in [-0.4, -0.2) is 45.8 Å². The van der Waals surface area contributed by atoms with Gasteiger partial charge in [0.25, 0.3) is 0 Å². The molecule has 7 heteroatoms. The Bertz CT molecular complexity index is 572. The van der Waals surface area contributed by atoms with Crippen molar-refractivity contribution in [3.8, 4) is 0 Å². The van der Waals surface area contributed by atoms with Crippen LogP contribution in [0.1, 0.15) is 18.5 Å². The summed E-state index contributed by atoms with van der Waals surface area (Å²) in [4.78, 5) is 17.1. The van der Waals surface area contributed by atoms with Crippen LogP contribution in [0.3, 0.4) is 0 Å².